The highest BCUT2D eigenvalue weighted by Gasteiger charge is 2.36. The fourth-order valence-electron chi connectivity index (χ4n) is 3.52. The standard InChI is InChI=1S/C16H20FN3O4.ClH/c1-19(12-6-10-2-3-11(7-12)18-10)16(21)9-24-13-4-5-15(20(22)23)14(17)8-13;/h4-5,8,10-12,18H,2-3,6-7,9H2,1H3;1H. The zero-order chi connectivity index (χ0) is 17.3. The lowest BCUT2D eigenvalue weighted by Gasteiger charge is -2.35. The van der Waals surface area contributed by atoms with Gasteiger partial charge in [0.25, 0.3) is 5.91 Å². The molecule has 2 fully saturated rings. The molecule has 138 valence electrons. The Bertz CT molecular complexity index is 648. The second kappa shape index (κ2) is 7.97. The van der Waals surface area contributed by atoms with Crippen LogP contribution in [0.3, 0.4) is 0 Å². The van der Waals surface area contributed by atoms with Crippen molar-refractivity contribution in [2.45, 2.75) is 43.8 Å². The van der Waals surface area contributed by atoms with E-state index >= 15 is 0 Å². The molecule has 0 aliphatic carbocycles. The van der Waals surface area contributed by atoms with Gasteiger partial charge in [-0.1, -0.05) is 0 Å². The summed E-state index contributed by atoms with van der Waals surface area (Å²) in [6.07, 6.45) is 4.18. The molecular weight excluding hydrogens is 353 g/mol. The third-order valence-electron chi connectivity index (χ3n) is 4.87. The van der Waals surface area contributed by atoms with Crippen LogP contribution in [-0.4, -0.2) is 47.5 Å². The van der Waals surface area contributed by atoms with Crippen LogP contribution >= 0.6 is 12.4 Å². The molecule has 2 aliphatic rings. The number of ether oxygens (including phenoxy) is 1. The van der Waals surface area contributed by atoms with Gasteiger partial charge in [0.15, 0.2) is 6.61 Å². The highest BCUT2D eigenvalue weighted by atomic mass is 35.5. The minimum absolute atomic E-state index is 0. The molecule has 2 heterocycles. The first kappa shape index (κ1) is 19.4. The summed E-state index contributed by atoms with van der Waals surface area (Å²) in [5.41, 5.74) is -0.615. The van der Waals surface area contributed by atoms with E-state index in [2.05, 4.69) is 5.32 Å². The number of nitro benzene ring substituents is 1. The van der Waals surface area contributed by atoms with Gasteiger partial charge in [-0.2, -0.15) is 4.39 Å². The number of carbonyl (C=O) groups is 1. The van der Waals surface area contributed by atoms with Gasteiger partial charge in [0.05, 0.1) is 4.92 Å². The van der Waals surface area contributed by atoms with Gasteiger partial charge < -0.3 is 15.0 Å². The minimum Gasteiger partial charge on any atom is -0.484 e. The molecule has 1 N–H and O–H groups in total. The number of carbonyl (C=O) groups excluding carboxylic acids is 1. The largest absolute Gasteiger partial charge is 0.484 e. The van der Waals surface area contributed by atoms with E-state index in [0.717, 1.165) is 37.8 Å². The summed E-state index contributed by atoms with van der Waals surface area (Å²) in [6, 6.07) is 4.40. The Labute approximate surface area is 151 Å². The molecule has 0 radical (unpaired) electrons. The third kappa shape index (κ3) is 4.38. The van der Waals surface area contributed by atoms with Gasteiger partial charge in [0, 0.05) is 37.3 Å². The Hall–Kier alpha value is -1.93. The van der Waals surface area contributed by atoms with E-state index < -0.39 is 16.4 Å². The Kier molecular flexibility index (Phi) is 6.18. The smallest absolute Gasteiger partial charge is 0.305 e. The predicted molar refractivity (Wildman–Crippen MR) is 91.5 cm³/mol. The first-order valence-electron chi connectivity index (χ1n) is 8.02. The Morgan fingerprint density at radius 3 is 2.60 bits per heavy atom. The normalized spacial score (nSPS) is 24.3. The number of halogens is 2. The van der Waals surface area contributed by atoms with Gasteiger partial charge in [-0.15, -0.1) is 12.4 Å². The second-order valence-corrected chi connectivity index (χ2v) is 6.43. The molecule has 2 atom stereocenters. The molecule has 1 aromatic rings. The van der Waals surface area contributed by atoms with Crippen molar-refractivity contribution in [2.75, 3.05) is 13.7 Å². The summed E-state index contributed by atoms with van der Waals surface area (Å²) < 4.78 is 18.8. The molecule has 7 nitrogen and oxygen atoms in total. The molecule has 2 bridgehead atoms. The first-order chi connectivity index (χ1) is 11.4. The van der Waals surface area contributed by atoms with Crippen LogP contribution in [0.2, 0.25) is 0 Å². The number of nitrogens with one attached hydrogen (secondary N) is 1. The van der Waals surface area contributed by atoms with E-state index in [1.54, 1.807) is 11.9 Å². The van der Waals surface area contributed by atoms with Crippen molar-refractivity contribution in [3.8, 4) is 5.75 Å². The number of piperidine rings is 1. The second-order valence-electron chi connectivity index (χ2n) is 6.43. The lowest BCUT2D eigenvalue weighted by atomic mass is 9.98. The number of amides is 1. The van der Waals surface area contributed by atoms with Gasteiger partial charge in [0.1, 0.15) is 5.75 Å². The van der Waals surface area contributed by atoms with Crippen LogP contribution in [0.5, 0.6) is 5.75 Å². The number of benzene rings is 1. The Morgan fingerprint density at radius 1 is 1.40 bits per heavy atom. The number of hydrogen-bond donors (Lipinski definition) is 1. The first-order valence-corrected chi connectivity index (χ1v) is 8.02. The summed E-state index contributed by atoms with van der Waals surface area (Å²) in [5.74, 6) is -1.06. The lowest BCUT2D eigenvalue weighted by molar-refractivity contribution is -0.387. The molecule has 0 aromatic heterocycles. The highest BCUT2D eigenvalue weighted by molar-refractivity contribution is 5.85. The van der Waals surface area contributed by atoms with Crippen LogP contribution in [0.1, 0.15) is 25.7 Å². The van der Waals surface area contributed by atoms with Crippen LogP contribution in [-0.2, 0) is 4.79 Å². The van der Waals surface area contributed by atoms with Crippen molar-refractivity contribution >= 4 is 24.0 Å². The van der Waals surface area contributed by atoms with E-state index in [-0.39, 0.29) is 36.7 Å². The molecule has 9 heteroatoms. The minimum atomic E-state index is -0.978. The van der Waals surface area contributed by atoms with Gasteiger partial charge in [-0.25, -0.2) is 0 Å². The molecular formula is C16H21ClFN3O4. The van der Waals surface area contributed by atoms with Crippen molar-refractivity contribution in [1.82, 2.24) is 10.2 Å². The molecule has 2 unspecified atom stereocenters. The zero-order valence-electron chi connectivity index (χ0n) is 13.8. The molecule has 2 saturated heterocycles. The van der Waals surface area contributed by atoms with E-state index in [0.29, 0.717) is 12.1 Å². The average molecular weight is 374 g/mol. The van der Waals surface area contributed by atoms with Crippen LogP contribution in [0.25, 0.3) is 0 Å². The zero-order valence-corrected chi connectivity index (χ0v) is 14.6. The van der Waals surface area contributed by atoms with E-state index in [9.17, 15) is 19.3 Å². The Morgan fingerprint density at radius 2 is 2.04 bits per heavy atom. The molecule has 1 aromatic carbocycles. The van der Waals surface area contributed by atoms with Gasteiger partial charge in [-0.3, -0.25) is 14.9 Å². The number of rotatable bonds is 5. The van der Waals surface area contributed by atoms with Crippen molar-refractivity contribution < 1.29 is 18.8 Å². The molecule has 3 rings (SSSR count). The number of nitro groups is 1. The summed E-state index contributed by atoms with van der Waals surface area (Å²) in [5, 5.41) is 14.1. The maximum absolute atomic E-state index is 13.5. The van der Waals surface area contributed by atoms with Crippen LogP contribution < -0.4 is 10.1 Å². The summed E-state index contributed by atoms with van der Waals surface area (Å²) in [4.78, 5) is 23.8. The van der Waals surface area contributed by atoms with Crippen molar-refractivity contribution in [3.05, 3.63) is 34.1 Å². The Balaban J connectivity index is 0.00000225. The van der Waals surface area contributed by atoms with Gasteiger partial charge in [0.2, 0.25) is 5.82 Å². The quantitative estimate of drug-likeness (QED) is 0.632. The van der Waals surface area contributed by atoms with E-state index in [1.807, 2.05) is 0 Å². The van der Waals surface area contributed by atoms with Crippen LogP contribution in [0.15, 0.2) is 18.2 Å². The molecule has 2 aliphatic heterocycles. The number of likely N-dealkylation sites (N-methyl/N-ethyl adjacent to an activating group) is 1. The number of nitrogens with zero attached hydrogens (tertiary/aromatic N) is 2. The number of fused-ring (bicyclic) bond motifs is 2. The average Bonchev–Trinajstić information content (AvgIpc) is 2.89. The van der Waals surface area contributed by atoms with Crippen molar-refractivity contribution in [2.24, 2.45) is 0 Å². The molecule has 25 heavy (non-hydrogen) atoms. The highest BCUT2D eigenvalue weighted by Crippen LogP contribution is 2.29. The summed E-state index contributed by atoms with van der Waals surface area (Å²) in [6.45, 7) is -0.215. The summed E-state index contributed by atoms with van der Waals surface area (Å²) >= 11 is 0. The SMILES string of the molecule is CN(C(=O)COc1ccc([N+](=O)[O-])c(F)c1)C1CC2CCC(C1)N2.Cl. The molecule has 0 saturated carbocycles. The van der Waals surface area contributed by atoms with Crippen molar-refractivity contribution in [3.63, 3.8) is 0 Å². The third-order valence-corrected chi connectivity index (χ3v) is 4.87. The fourth-order valence-corrected chi connectivity index (χ4v) is 3.52. The van der Waals surface area contributed by atoms with E-state index in [4.69, 9.17) is 4.74 Å². The summed E-state index contributed by atoms with van der Waals surface area (Å²) in [7, 11) is 1.76. The van der Waals surface area contributed by atoms with Gasteiger partial charge in [-0.05, 0) is 31.7 Å². The fraction of sp³-hybridized carbons (Fsp3) is 0.562. The van der Waals surface area contributed by atoms with Crippen LogP contribution in [0, 0.1) is 15.9 Å². The van der Waals surface area contributed by atoms with Crippen LogP contribution in [0.4, 0.5) is 10.1 Å². The van der Waals surface area contributed by atoms with Crippen molar-refractivity contribution in [1.29, 1.82) is 0 Å². The number of hydrogen-bond acceptors (Lipinski definition) is 5. The van der Waals surface area contributed by atoms with E-state index in [1.165, 1.54) is 6.07 Å². The lowest BCUT2D eigenvalue weighted by Crippen LogP contribution is -2.49. The molecule has 0 spiro atoms. The molecule has 1 amide bonds. The topological polar surface area (TPSA) is 84.7 Å². The predicted octanol–water partition coefficient (Wildman–Crippen LogP) is 2.28. The van der Waals surface area contributed by atoms with Gasteiger partial charge >= 0.3 is 5.69 Å². The maximum atomic E-state index is 13.5. The maximum Gasteiger partial charge on any atom is 0.305 e. The monoisotopic (exact) mass is 373 g/mol.